The summed E-state index contributed by atoms with van der Waals surface area (Å²) in [6, 6.07) is 13.5. The number of anilines is 2. The molecule has 0 atom stereocenters. The van der Waals surface area contributed by atoms with Crippen molar-refractivity contribution in [2.45, 2.75) is 25.7 Å². The molecule has 0 aliphatic carbocycles. The van der Waals surface area contributed by atoms with E-state index in [2.05, 4.69) is 10.2 Å². The fourth-order valence-electron chi connectivity index (χ4n) is 3.30. The second kappa shape index (κ2) is 9.68. The predicted octanol–water partition coefficient (Wildman–Crippen LogP) is 3.31. The molecular weight excluding hydrogens is 374 g/mol. The van der Waals surface area contributed by atoms with Crippen LogP contribution in [0, 0.1) is 10.1 Å². The van der Waals surface area contributed by atoms with Gasteiger partial charge in [0.15, 0.2) is 6.61 Å². The summed E-state index contributed by atoms with van der Waals surface area (Å²) < 4.78 is 4.95. The Kier molecular flexibility index (Phi) is 6.78. The molecule has 8 heteroatoms. The summed E-state index contributed by atoms with van der Waals surface area (Å²) >= 11 is 0. The first-order valence-electron chi connectivity index (χ1n) is 9.56. The largest absolute Gasteiger partial charge is 0.455 e. The third-order valence-electron chi connectivity index (χ3n) is 4.76. The lowest BCUT2D eigenvalue weighted by atomic mass is 10.1. The first-order valence-corrected chi connectivity index (χ1v) is 9.56. The van der Waals surface area contributed by atoms with Gasteiger partial charge in [0.05, 0.1) is 11.3 Å². The maximum absolute atomic E-state index is 12.0. The summed E-state index contributed by atoms with van der Waals surface area (Å²) in [5.74, 6) is -1.17. The van der Waals surface area contributed by atoms with Gasteiger partial charge in [0.1, 0.15) is 0 Å². The number of carbonyl (C=O) groups excluding carboxylic acids is 2. The molecule has 8 nitrogen and oxygen atoms in total. The minimum absolute atomic E-state index is 0.150. The zero-order valence-electron chi connectivity index (χ0n) is 16.0. The quantitative estimate of drug-likeness (QED) is 0.437. The van der Waals surface area contributed by atoms with Crippen LogP contribution < -0.4 is 10.2 Å². The van der Waals surface area contributed by atoms with Gasteiger partial charge in [0.2, 0.25) is 0 Å². The monoisotopic (exact) mass is 397 g/mol. The number of nitrogens with one attached hydrogen (secondary N) is 1. The molecule has 152 valence electrons. The average molecular weight is 397 g/mol. The van der Waals surface area contributed by atoms with Crippen LogP contribution in [0.2, 0.25) is 0 Å². The topological polar surface area (TPSA) is 102 Å². The lowest BCUT2D eigenvalue weighted by molar-refractivity contribution is -0.385. The van der Waals surface area contributed by atoms with Gasteiger partial charge in [-0.05, 0) is 43.5 Å². The van der Waals surface area contributed by atoms with Gasteiger partial charge in [-0.1, -0.05) is 18.2 Å². The summed E-state index contributed by atoms with van der Waals surface area (Å²) in [5.41, 5.74) is 1.84. The Morgan fingerprint density at radius 1 is 1.03 bits per heavy atom. The van der Waals surface area contributed by atoms with E-state index in [-0.39, 0.29) is 17.7 Å². The molecule has 0 aromatic heterocycles. The number of rotatable bonds is 7. The molecule has 1 fully saturated rings. The van der Waals surface area contributed by atoms with Crippen LogP contribution >= 0.6 is 0 Å². The van der Waals surface area contributed by atoms with Crippen molar-refractivity contribution in [3.63, 3.8) is 0 Å². The molecule has 0 unspecified atom stereocenters. The van der Waals surface area contributed by atoms with Crippen LogP contribution in [0.3, 0.4) is 0 Å². The lowest BCUT2D eigenvalue weighted by Crippen LogP contribution is -2.29. The molecule has 1 heterocycles. The third kappa shape index (κ3) is 5.78. The van der Waals surface area contributed by atoms with Crippen LogP contribution in [0.4, 0.5) is 17.1 Å². The molecule has 29 heavy (non-hydrogen) atoms. The van der Waals surface area contributed by atoms with Crippen molar-refractivity contribution in [2.24, 2.45) is 0 Å². The average Bonchev–Trinajstić information content (AvgIpc) is 2.74. The van der Waals surface area contributed by atoms with Gasteiger partial charge in [-0.2, -0.15) is 0 Å². The van der Waals surface area contributed by atoms with E-state index in [9.17, 15) is 19.7 Å². The number of carbonyl (C=O) groups is 2. The highest BCUT2D eigenvalue weighted by molar-refractivity contribution is 5.93. The van der Waals surface area contributed by atoms with Crippen LogP contribution in [0.25, 0.3) is 0 Å². The zero-order chi connectivity index (χ0) is 20.6. The van der Waals surface area contributed by atoms with Gasteiger partial charge < -0.3 is 15.0 Å². The number of nitro benzene ring substituents is 1. The molecule has 1 aliphatic rings. The van der Waals surface area contributed by atoms with Crippen molar-refractivity contribution >= 4 is 28.9 Å². The molecule has 0 saturated carbocycles. The van der Waals surface area contributed by atoms with Crippen LogP contribution in [-0.2, 0) is 20.7 Å². The number of hydrogen-bond donors (Lipinski definition) is 1. The smallest absolute Gasteiger partial charge is 0.311 e. The van der Waals surface area contributed by atoms with Gasteiger partial charge in [-0.25, -0.2) is 0 Å². The Labute approximate surface area is 168 Å². The fourth-order valence-corrected chi connectivity index (χ4v) is 3.30. The number of benzene rings is 2. The lowest BCUT2D eigenvalue weighted by Gasteiger charge is -2.28. The van der Waals surface area contributed by atoms with E-state index in [1.165, 1.54) is 37.5 Å². The summed E-state index contributed by atoms with van der Waals surface area (Å²) in [5, 5.41) is 13.7. The number of amides is 1. The number of piperidine rings is 1. The molecule has 1 saturated heterocycles. The van der Waals surface area contributed by atoms with Crippen LogP contribution in [-0.4, -0.2) is 36.5 Å². The van der Waals surface area contributed by atoms with Gasteiger partial charge in [-0.3, -0.25) is 19.7 Å². The van der Waals surface area contributed by atoms with Gasteiger partial charge in [0, 0.05) is 36.1 Å². The Hall–Kier alpha value is -3.42. The number of para-hydroxylation sites is 1. The zero-order valence-corrected chi connectivity index (χ0v) is 16.0. The molecule has 0 spiro atoms. The summed E-state index contributed by atoms with van der Waals surface area (Å²) in [7, 11) is 0. The first-order chi connectivity index (χ1) is 14.0. The summed E-state index contributed by atoms with van der Waals surface area (Å²) in [6.45, 7) is 1.63. The molecule has 1 N–H and O–H groups in total. The second-order valence-corrected chi connectivity index (χ2v) is 6.87. The van der Waals surface area contributed by atoms with Crippen LogP contribution in [0.15, 0.2) is 48.5 Å². The molecule has 2 aromatic rings. The van der Waals surface area contributed by atoms with Crippen molar-refractivity contribution in [1.82, 2.24) is 0 Å². The minimum Gasteiger partial charge on any atom is -0.455 e. The SMILES string of the molecule is O=C(COC(=O)Cc1ccccc1[N+](=O)[O-])Nc1ccc(N2CCCCC2)cc1. The normalized spacial score (nSPS) is 13.6. The maximum Gasteiger partial charge on any atom is 0.311 e. The highest BCUT2D eigenvalue weighted by atomic mass is 16.6. The van der Waals surface area contributed by atoms with E-state index < -0.39 is 23.4 Å². The van der Waals surface area contributed by atoms with E-state index in [4.69, 9.17) is 4.74 Å². The second-order valence-electron chi connectivity index (χ2n) is 6.87. The first kappa shape index (κ1) is 20.3. The Morgan fingerprint density at radius 2 is 1.72 bits per heavy atom. The van der Waals surface area contributed by atoms with Crippen LogP contribution in [0.1, 0.15) is 24.8 Å². The Balaban J connectivity index is 1.47. The van der Waals surface area contributed by atoms with Crippen molar-refractivity contribution in [1.29, 1.82) is 0 Å². The Morgan fingerprint density at radius 3 is 2.41 bits per heavy atom. The van der Waals surface area contributed by atoms with Crippen molar-refractivity contribution < 1.29 is 19.2 Å². The van der Waals surface area contributed by atoms with Crippen molar-refractivity contribution in [2.75, 3.05) is 29.9 Å². The number of nitrogens with zero attached hydrogens (tertiary/aromatic N) is 2. The third-order valence-corrected chi connectivity index (χ3v) is 4.76. The van der Waals surface area contributed by atoms with E-state index in [1.54, 1.807) is 6.07 Å². The van der Waals surface area contributed by atoms with Crippen molar-refractivity contribution in [3.05, 3.63) is 64.2 Å². The summed E-state index contributed by atoms with van der Waals surface area (Å²) in [6.07, 6.45) is 3.38. The van der Waals surface area contributed by atoms with Crippen LogP contribution in [0.5, 0.6) is 0 Å². The highest BCUT2D eigenvalue weighted by Crippen LogP contribution is 2.22. The Bertz CT molecular complexity index is 876. The van der Waals surface area contributed by atoms with E-state index in [0.717, 1.165) is 18.8 Å². The number of hydrogen-bond acceptors (Lipinski definition) is 6. The van der Waals surface area contributed by atoms with Crippen molar-refractivity contribution in [3.8, 4) is 0 Å². The van der Waals surface area contributed by atoms with E-state index in [1.807, 2.05) is 24.3 Å². The molecule has 0 bridgehead atoms. The number of ether oxygens (including phenoxy) is 1. The molecule has 1 aliphatic heterocycles. The maximum atomic E-state index is 12.0. The van der Waals surface area contributed by atoms with Gasteiger partial charge >= 0.3 is 5.97 Å². The van der Waals surface area contributed by atoms with E-state index >= 15 is 0 Å². The summed E-state index contributed by atoms with van der Waals surface area (Å²) in [4.78, 5) is 36.7. The van der Waals surface area contributed by atoms with E-state index in [0.29, 0.717) is 5.69 Å². The molecule has 3 rings (SSSR count). The van der Waals surface area contributed by atoms with Gasteiger partial charge in [-0.15, -0.1) is 0 Å². The highest BCUT2D eigenvalue weighted by Gasteiger charge is 2.17. The number of nitro groups is 1. The molecule has 1 amide bonds. The molecular formula is C21H23N3O5. The standard InChI is InChI=1S/C21H23N3O5/c25-20(15-29-21(26)14-16-6-2-3-7-19(16)24(27)28)22-17-8-10-18(11-9-17)23-12-4-1-5-13-23/h2-3,6-11H,1,4-5,12-15H2,(H,22,25). The molecule has 2 aromatic carbocycles. The van der Waals surface area contributed by atoms with Gasteiger partial charge in [0.25, 0.3) is 11.6 Å². The number of esters is 1. The molecule has 0 radical (unpaired) electrons. The minimum atomic E-state index is -0.699. The fraction of sp³-hybridized carbons (Fsp3) is 0.333. The predicted molar refractivity (Wildman–Crippen MR) is 109 cm³/mol.